The Labute approximate surface area is 85.0 Å². The lowest BCUT2D eigenvalue weighted by molar-refractivity contribution is 0.497. The van der Waals surface area contributed by atoms with Crippen LogP contribution in [0.5, 0.6) is 0 Å². The fraction of sp³-hybridized carbons (Fsp3) is 0.455. The molecule has 0 bridgehead atoms. The van der Waals surface area contributed by atoms with E-state index in [1.54, 1.807) is 12.4 Å². The molecule has 3 heteroatoms. The Bertz CT molecular complexity index is 324. The number of hydrogen-bond acceptors (Lipinski definition) is 3. The van der Waals surface area contributed by atoms with E-state index in [9.17, 15) is 0 Å². The van der Waals surface area contributed by atoms with Gasteiger partial charge in [0.2, 0.25) is 0 Å². The van der Waals surface area contributed by atoms with Crippen LogP contribution in [0.4, 0.5) is 5.69 Å². The first-order valence-corrected chi connectivity index (χ1v) is 4.57. The van der Waals surface area contributed by atoms with Crippen LogP contribution >= 0.6 is 0 Å². The first kappa shape index (κ1) is 10.5. The highest BCUT2D eigenvalue weighted by molar-refractivity contribution is 5.43. The van der Waals surface area contributed by atoms with Crippen LogP contribution in [0.1, 0.15) is 13.8 Å². The Balaban J connectivity index is 2.70. The van der Waals surface area contributed by atoms with E-state index >= 15 is 0 Å². The third-order valence-electron chi connectivity index (χ3n) is 2.02. The monoisotopic (exact) mass is 189 g/mol. The molecular formula is C11H15N3. The lowest BCUT2D eigenvalue weighted by Crippen LogP contribution is -2.30. The fourth-order valence-electron chi connectivity index (χ4n) is 1.30. The molecule has 0 N–H and O–H groups in total. The summed E-state index contributed by atoms with van der Waals surface area (Å²) in [6.45, 7) is 4.56. The normalized spacial score (nSPS) is 10.7. The van der Waals surface area contributed by atoms with Crippen molar-refractivity contribution >= 4 is 5.69 Å². The SMILES string of the molecule is CN(CC(C)(C)C#N)c1cccnc1. The Kier molecular flexibility index (Phi) is 3.08. The highest BCUT2D eigenvalue weighted by Crippen LogP contribution is 2.18. The van der Waals surface area contributed by atoms with Crippen molar-refractivity contribution in [3.8, 4) is 6.07 Å². The number of rotatable bonds is 3. The molecule has 1 rings (SSSR count). The predicted molar refractivity (Wildman–Crippen MR) is 56.9 cm³/mol. The van der Waals surface area contributed by atoms with E-state index in [-0.39, 0.29) is 5.41 Å². The summed E-state index contributed by atoms with van der Waals surface area (Å²) in [4.78, 5) is 6.07. The van der Waals surface area contributed by atoms with Crippen LogP contribution in [0.3, 0.4) is 0 Å². The van der Waals surface area contributed by atoms with E-state index in [2.05, 4.69) is 11.1 Å². The van der Waals surface area contributed by atoms with Crippen LogP contribution in [0, 0.1) is 16.7 Å². The van der Waals surface area contributed by atoms with Gasteiger partial charge >= 0.3 is 0 Å². The van der Waals surface area contributed by atoms with E-state index in [0.29, 0.717) is 6.54 Å². The number of nitrogens with zero attached hydrogens (tertiary/aromatic N) is 3. The second-order valence-corrected chi connectivity index (χ2v) is 4.06. The zero-order chi connectivity index (χ0) is 10.6. The van der Waals surface area contributed by atoms with Crippen molar-refractivity contribution in [2.24, 2.45) is 5.41 Å². The smallest absolute Gasteiger partial charge is 0.0702 e. The van der Waals surface area contributed by atoms with Gasteiger partial charge in [-0.15, -0.1) is 0 Å². The zero-order valence-corrected chi connectivity index (χ0v) is 8.86. The van der Waals surface area contributed by atoms with Gasteiger partial charge in [-0.3, -0.25) is 4.98 Å². The van der Waals surface area contributed by atoms with Gasteiger partial charge in [0.1, 0.15) is 0 Å². The van der Waals surface area contributed by atoms with Crippen molar-refractivity contribution < 1.29 is 0 Å². The molecule has 0 saturated heterocycles. The van der Waals surface area contributed by atoms with Crippen LogP contribution in [0.25, 0.3) is 0 Å². The summed E-state index contributed by atoms with van der Waals surface area (Å²) in [5, 5.41) is 8.90. The standard InChI is InChI=1S/C11H15N3/c1-11(2,8-12)9-14(3)10-5-4-6-13-7-10/h4-7H,9H2,1-3H3. The molecular weight excluding hydrogens is 174 g/mol. The van der Waals surface area contributed by atoms with Crippen LogP contribution in [-0.4, -0.2) is 18.6 Å². The molecule has 1 heterocycles. The number of anilines is 1. The molecule has 0 amide bonds. The molecule has 0 aliphatic carbocycles. The number of nitriles is 1. The van der Waals surface area contributed by atoms with E-state index < -0.39 is 0 Å². The van der Waals surface area contributed by atoms with Crippen LogP contribution in [0.2, 0.25) is 0 Å². The molecule has 0 saturated carbocycles. The summed E-state index contributed by atoms with van der Waals surface area (Å²) in [6.07, 6.45) is 3.54. The van der Waals surface area contributed by atoms with Gasteiger partial charge in [0, 0.05) is 19.8 Å². The molecule has 0 radical (unpaired) electrons. The lowest BCUT2D eigenvalue weighted by atomic mass is 9.95. The Morgan fingerprint density at radius 2 is 2.29 bits per heavy atom. The molecule has 0 aliphatic heterocycles. The molecule has 3 nitrogen and oxygen atoms in total. The molecule has 1 aromatic heterocycles. The summed E-state index contributed by atoms with van der Waals surface area (Å²) >= 11 is 0. The van der Waals surface area contributed by atoms with E-state index in [0.717, 1.165) is 5.69 Å². The van der Waals surface area contributed by atoms with Gasteiger partial charge in [-0.05, 0) is 26.0 Å². The first-order chi connectivity index (χ1) is 6.55. The Hall–Kier alpha value is -1.56. The minimum Gasteiger partial charge on any atom is -0.372 e. The molecule has 14 heavy (non-hydrogen) atoms. The molecule has 0 atom stereocenters. The fourth-order valence-corrected chi connectivity index (χ4v) is 1.30. The maximum atomic E-state index is 8.90. The number of aromatic nitrogens is 1. The summed E-state index contributed by atoms with van der Waals surface area (Å²) in [5.41, 5.74) is 0.709. The van der Waals surface area contributed by atoms with Crippen molar-refractivity contribution in [1.82, 2.24) is 4.98 Å². The topological polar surface area (TPSA) is 39.9 Å². The lowest BCUT2D eigenvalue weighted by Gasteiger charge is -2.25. The van der Waals surface area contributed by atoms with Gasteiger partial charge in [-0.1, -0.05) is 0 Å². The quantitative estimate of drug-likeness (QED) is 0.730. The molecule has 0 spiro atoms. The van der Waals surface area contributed by atoms with Crippen molar-refractivity contribution in [1.29, 1.82) is 5.26 Å². The maximum absolute atomic E-state index is 8.90. The highest BCUT2D eigenvalue weighted by Gasteiger charge is 2.19. The first-order valence-electron chi connectivity index (χ1n) is 4.57. The summed E-state index contributed by atoms with van der Waals surface area (Å²) in [5.74, 6) is 0. The summed E-state index contributed by atoms with van der Waals surface area (Å²) in [7, 11) is 1.97. The third kappa shape index (κ3) is 2.74. The van der Waals surface area contributed by atoms with Crippen LogP contribution in [0.15, 0.2) is 24.5 Å². The molecule has 74 valence electrons. The maximum Gasteiger partial charge on any atom is 0.0702 e. The number of hydrogen-bond donors (Lipinski definition) is 0. The van der Waals surface area contributed by atoms with E-state index in [4.69, 9.17) is 5.26 Å². The molecule has 0 unspecified atom stereocenters. The Morgan fingerprint density at radius 3 is 2.79 bits per heavy atom. The van der Waals surface area contributed by atoms with Crippen LogP contribution in [-0.2, 0) is 0 Å². The van der Waals surface area contributed by atoms with Gasteiger partial charge in [-0.25, -0.2) is 0 Å². The largest absolute Gasteiger partial charge is 0.372 e. The van der Waals surface area contributed by atoms with Gasteiger partial charge in [0.25, 0.3) is 0 Å². The predicted octanol–water partition coefficient (Wildman–Crippen LogP) is 2.07. The zero-order valence-electron chi connectivity index (χ0n) is 8.86. The minimum atomic E-state index is -0.329. The van der Waals surface area contributed by atoms with Gasteiger partial charge in [-0.2, -0.15) is 5.26 Å². The van der Waals surface area contributed by atoms with Crippen molar-refractivity contribution in [3.05, 3.63) is 24.5 Å². The molecule has 0 aliphatic rings. The van der Waals surface area contributed by atoms with Gasteiger partial charge in [0.15, 0.2) is 0 Å². The summed E-state index contributed by atoms with van der Waals surface area (Å²) in [6, 6.07) is 6.16. The average molecular weight is 189 g/mol. The van der Waals surface area contributed by atoms with Crippen molar-refractivity contribution in [2.75, 3.05) is 18.5 Å². The third-order valence-corrected chi connectivity index (χ3v) is 2.02. The van der Waals surface area contributed by atoms with Gasteiger partial charge in [0.05, 0.1) is 23.4 Å². The molecule has 0 fully saturated rings. The second-order valence-electron chi connectivity index (χ2n) is 4.06. The molecule has 1 aromatic rings. The van der Waals surface area contributed by atoms with Crippen molar-refractivity contribution in [2.45, 2.75) is 13.8 Å². The molecule has 0 aromatic carbocycles. The van der Waals surface area contributed by atoms with E-state index in [1.165, 1.54) is 0 Å². The highest BCUT2D eigenvalue weighted by atomic mass is 15.1. The summed E-state index contributed by atoms with van der Waals surface area (Å²) < 4.78 is 0. The average Bonchev–Trinajstić information content (AvgIpc) is 2.19. The van der Waals surface area contributed by atoms with Crippen LogP contribution < -0.4 is 4.90 Å². The van der Waals surface area contributed by atoms with Crippen molar-refractivity contribution in [3.63, 3.8) is 0 Å². The Morgan fingerprint density at radius 1 is 1.57 bits per heavy atom. The minimum absolute atomic E-state index is 0.329. The van der Waals surface area contributed by atoms with Gasteiger partial charge < -0.3 is 4.90 Å². The number of pyridine rings is 1. The van der Waals surface area contributed by atoms with E-state index in [1.807, 2.05) is 37.9 Å². The second kappa shape index (κ2) is 4.10.